The molecule has 0 amide bonds. The Morgan fingerprint density at radius 3 is 2.50 bits per heavy atom. The lowest BCUT2D eigenvalue weighted by molar-refractivity contribution is -0.670. The Labute approximate surface area is 87.7 Å². The van der Waals surface area contributed by atoms with E-state index in [1.54, 1.807) is 4.57 Å². The molecule has 0 aliphatic heterocycles. The van der Waals surface area contributed by atoms with Gasteiger partial charge in [-0.25, -0.2) is 4.57 Å². The maximum absolute atomic E-state index is 4.79. The molecule has 0 spiro atoms. The van der Waals surface area contributed by atoms with Crippen LogP contribution in [0.3, 0.4) is 0 Å². The van der Waals surface area contributed by atoms with E-state index in [1.165, 1.54) is 0 Å². The summed E-state index contributed by atoms with van der Waals surface area (Å²) in [4.78, 5) is 0. The van der Waals surface area contributed by atoms with E-state index in [2.05, 4.69) is 12.6 Å². The molecule has 10 heavy (non-hydrogen) atoms. The van der Waals surface area contributed by atoms with Crippen LogP contribution in [0.1, 0.15) is 0 Å². The molecule has 1 aromatic rings. The van der Waals surface area contributed by atoms with Crippen LogP contribution in [0, 0.1) is 0 Å². The largest absolute Gasteiger partial charge is 1.00 e. The fourth-order valence-corrected chi connectivity index (χ4v) is 0.790. The standard InChI is InChI=1S/C5H6N2S2.HI/c1-6-2-3-7(4-6)5(8)9;/h2-4H,1H3;1H. The molecule has 0 unspecified atom stereocenters. The third-order valence-electron chi connectivity index (χ3n) is 0.990. The SMILES string of the molecule is C[n+]1ccn(C(=S)S)c1.[I-]. The van der Waals surface area contributed by atoms with Crippen LogP contribution in [-0.4, -0.2) is 8.89 Å². The molecule has 0 aromatic carbocycles. The van der Waals surface area contributed by atoms with E-state index in [0.29, 0.717) is 4.32 Å². The first-order valence-corrected chi connectivity index (χ1v) is 3.32. The normalized spacial score (nSPS) is 8.60. The molecule has 0 aliphatic rings. The van der Waals surface area contributed by atoms with Crippen LogP contribution < -0.4 is 28.5 Å². The predicted molar refractivity (Wildman–Crippen MR) is 42.6 cm³/mol. The molecular weight excluding hydrogens is 279 g/mol. The second kappa shape index (κ2) is 4.30. The summed E-state index contributed by atoms with van der Waals surface area (Å²) in [5, 5.41) is 0. The van der Waals surface area contributed by atoms with Gasteiger partial charge < -0.3 is 24.0 Å². The Morgan fingerprint density at radius 2 is 2.30 bits per heavy atom. The van der Waals surface area contributed by atoms with Crippen molar-refractivity contribution in [2.45, 2.75) is 0 Å². The van der Waals surface area contributed by atoms with Crippen LogP contribution in [0.15, 0.2) is 18.7 Å². The van der Waals surface area contributed by atoms with Gasteiger partial charge in [-0.2, -0.15) is 4.57 Å². The highest BCUT2D eigenvalue weighted by Gasteiger charge is 2.00. The smallest absolute Gasteiger partial charge is 0.249 e. The minimum atomic E-state index is 0. The minimum Gasteiger partial charge on any atom is -1.00 e. The van der Waals surface area contributed by atoms with Crippen molar-refractivity contribution in [1.82, 2.24) is 4.57 Å². The summed E-state index contributed by atoms with van der Waals surface area (Å²) in [5.74, 6) is 0. The number of aromatic nitrogens is 2. The molecule has 0 N–H and O–H groups in total. The van der Waals surface area contributed by atoms with Gasteiger partial charge in [0, 0.05) is 0 Å². The fraction of sp³-hybridized carbons (Fsp3) is 0.200. The van der Waals surface area contributed by atoms with Crippen molar-refractivity contribution in [3.05, 3.63) is 18.7 Å². The monoisotopic (exact) mass is 286 g/mol. The van der Waals surface area contributed by atoms with Crippen LogP contribution in [0.25, 0.3) is 0 Å². The second-order valence-corrected chi connectivity index (χ2v) is 2.88. The second-order valence-electron chi connectivity index (χ2n) is 1.77. The van der Waals surface area contributed by atoms with E-state index in [0.717, 1.165) is 0 Å². The van der Waals surface area contributed by atoms with E-state index < -0.39 is 0 Å². The lowest BCUT2D eigenvalue weighted by Crippen LogP contribution is -3.00. The van der Waals surface area contributed by atoms with E-state index in [4.69, 9.17) is 12.2 Å². The topological polar surface area (TPSA) is 8.81 Å². The zero-order valence-electron chi connectivity index (χ0n) is 5.36. The zero-order valence-corrected chi connectivity index (χ0v) is 9.23. The molecule has 1 heterocycles. The van der Waals surface area contributed by atoms with Crippen LogP contribution in [-0.2, 0) is 7.05 Å². The molecular formula is C5H7IN2S2. The summed E-state index contributed by atoms with van der Waals surface area (Å²) in [6.07, 6.45) is 5.62. The molecule has 0 radical (unpaired) electrons. The molecule has 56 valence electrons. The number of rotatable bonds is 0. The third kappa shape index (κ3) is 2.55. The summed E-state index contributed by atoms with van der Waals surface area (Å²) in [6.45, 7) is 0. The van der Waals surface area contributed by atoms with Gasteiger partial charge >= 0.3 is 0 Å². The van der Waals surface area contributed by atoms with Crippen molar-refractivity contribution in [2.75, 3.05) is 0 Å². The summed E-state index contributed by atoms with van der Waals surface area (Å²) < 4.78 is 4.23. The molecule has 0 fully saturated rings. The van der Waals surface area contributed by atoms with Gasteiger partial charge in [-0.1, -0.05) is 12.6 Å². The molecule has 2 nitrogen and oxygen atoms in total. The van der Waals surface area contributed by atoms with Crippen molar-refractivity contribution in [1.29, 1.82) is 0 Å². The average molecular weight is 286 g/mol. The maximum atomic E-state index is 4.79. The summed E-state index contributed by atoms with van der Waals surface area (Å²) in [6, 6.07) is 0. The summed E-state index contributed by atoms with van der Waals surface area (Å²) in [7, 11) is 1.93. The van der Waals surface area contributed by atoms with Gasteiger partial charge in [0.05, 0.1) is 7.05 Å². The Balaban J connectivity index is 0.000000810. The Morgan fingerprint density at radius 1 is 1.70 bits per heavy atom. The van der Waals surface area contributed by atoms with Gasteiger partial charge in [0.15, 0.2) is 0 Å². The first kappa shape index (κ1) is 10.4. The summed E-state index contributed by atoms with van der Waals surface area (Å²) in [5.41, 5.74) is 0. The van der Waals surface area contributed by atoms with E-state index >= 15 is 0 Å². The molecule has 0 saturated carbocycles. The number of hydrogen-bond acceptors (Lipinski definition) is 1. The molecule has 0 atom stereocenters. The van der Waals surface area contributed by atoms with Gasteiger partial charge in [0.25, 0.3) is 0 Å². The number of nitrogens with zero attached hydrogens (tertiary/aromatic N) is 2. The molecule has 1 rings (SSSR count). The molecule has 0 aliphatic carbocycles. The molecule has 1 aromatic heterocycles. The van der Waals surface area contributed by atoms with E-state index in [1.807, 2.05) is 30.3 Å². The van der Waals surface area contributed by atoms with Gasteiger partial charge in [-0.3, -0.25) is 0 Å². The number of aryl methyl sites for hydroxylation is 1. The Bertz CT molecular complexity index is 233. The Kier molecular flexibility index (Phi) is 4.46. The van der Waals surface area contributed by atoms with Crippen molar-refractivity contribution in [3.8, 4) is 0 Å². The van der Waals surface area contributed by atoms with Crippen molar-refractivity contribution in [2.24, 2.45) is 7.05 Å². The third-order valence-corrected chi connectivity index (χ3v) is 1.43. The van der Waals surface area contributed by atoms with Crippen molar-refractivity contribution < 1.29 is 28.5 Å². The number of hydrogen-bond donors (Lipinski definition) is 1. The lowest BCUT2D eigenvalue weighted by Gasteiger charge is -1.82. The van der Waals surface area contributed by atoms with Crippen LogP contribution in [0.2, 0.25) is 0 Å². The quantitative estimate of drug-likeness (QED) is 0.238. The zero-order chi connectivity index (χ0) is 6.85. The van der Waals surface area contributed by atoms with Gasteiger partial charge in [-0.15, -0.1) is 0 Å². The number of thiol groups is 1. The molecule has 5 heteroatoms. The molecule has 0 bridgehead atoms. The van der Waals surface area contributed by atoms with E-state index in [9.17, 15) is 0 Å². The average Bonchev–Trinajstić information content (AvgIpc) is 2.14. The lowest BCUT2D eigenvalue weighted by atomic mass is 10.9. The van der Waals surface area contributed by atoms with Crippen LogP contribution >= 0.6 is 24.8 Å². The highest BCUT2D eigenvalue weighted by atomic mass is 127. The summed E-state index contributed by atoms with van der Waals surface area (Å²) >= 11 is 8.77. The first-order chi connectivity index (χ1) is 4.20. The van der Waals surface area contributed by atoms with Crippen LogP contribution in [0.4, 0.5) is 0 Å². The van der Waals surface area contributed by atoms with Gasteiger partial charge in [0.1, 0.15) is 12.4 Å². The number of thiocarbonyl (C=S) groups is 1. The first-order valence-electron chi connectivity index (χ1n) is 2.46. The molecule has 0 saturated heterocycles. The van der Waals surface area contributed by atoms with Crippen LogP contribution in [0.5, 0.6) is 0 Å². The number of halogens is 1. The van der Waals surface area contributed by atoms with Crippen molar-refractivity contribution >= 4 is 29.2 Å². The maximum Gasteiger partial charge on any atom is 0.249 e. The highest BCUT2D eigenvalue weighted by Crippen LogP contribution is 1.88. The fourth-order valence-electron chi connectivity index (χ4n) is 0.563. The predicted octanol–water partition coefficient (Wildman–Crippen LogP) is -2.62. The van der Waals surface area contributed by atoms with E-state index in [-0.39, 0.29) is 24.0 Å². The van der Waals surface area contributed by atoms with Gasteiger partial charge in [0.2, 0.25) is 10.6 Å². The van der Waals surface area contributed by atoms with Crippen molar-refractivity contribution in [3.63, 3.8) is 0 Å². The highest BCUT2D eigenvalue weighted by molar-refractivity contribution is 8.11. The Hall–Kier alpha value is 0.380. The number of imidazole rings is 1. The minimum absolute atomic E-state index is 0. The van der Waals surface area contributed by atoms with Gasteiger partial charge in [-0.05, 0) is 12.2 Å².